The Morgan fingerprint density at radius 2 is 1.73 bits per heavy atom. The summed E-state index contributed by atoms with van der Waals surface area (Å²) in [5.74, 6) is -0.548. The third-order valence-corrected chi connectivity index (χ3v) is 5.42. The van der Waals surface area contributed by atoms with Crippen molar-refractivity contribution in [2.75, 3.05) is 6.61 Å². The molecule has 6 nitrogen and oxygen atoms in total. The summed E-state index contributed by atoms with van der Waals surface area (Å²) >= 11 is 0. The van der Waals surface area contributed by atoms with Crippen LogP contribution in [-0.2, 0) is 16.6 Å². The molecule has 0 bridgehead atoms. The topological polar surface area (TPSA) is 73.2 Å². The number of ether oxygens (including phenoxy) is 1. The highest BCUT2D eigenvalue weighted by Gasteiger charge is 2.25. The van der Waals surface area contributed by atoms with Crippen LogP contribution in [0, 0.1) is 0 Å². The van der Waals surface area contributed by atoms with Gasteiger partial charge in [-0.25, -0.2) is 9.48 Å². The highest BCUT2D eigenvalue weighted by Crippen LogP contribution is 2.26. The lowest BCUT2D eigenvalue weighted by atomic mass is 9.91. The van der Waals surface area contributed by atoms with Crippen LogP contribution in [0.2, 0.25) is 0 Å². The highest BCUT2D eigenvalue weighted by atomic mass is 16.5. The molecule has 1 aromatic heterocycles. The molecule has 0 fully saturated rings. The van der Waals surface area contributed by atoms with E-state index in [1.807, 2.05) is 37.3 Å². The zero-order valence-electron chi connectivity index (χ0n) is 20.1. The van der Waals surface area contributed by atoms with E-state index >= 15 is 0 Å². The van der Waals surface area contributed by atoms with Gasteiger partial charge in [-0.1, -0.05) is 51.1 Å². The molecule has 0 aliphatic heterocycles. The van der Waals surface area contributed by atoms with Crippen molar-refractivity contribution < 1.29 is 14.3 Å². The normalized spacial score (nSPS) is 12.3. The molecule has 1 N–H and O–H groups in total. The van der Waals surface area contributed by atoms with Crippen LogP contribution < -0.4 is 5.32 Å². The average Bonchev–Trinajstić information content (AvgIpc) is 3.25. The minimum atomic E-state index is -0.442. The number of nitrogens with one attached hydrogen (secondary N) is 1. The van der Waals surface area contributed by atoms with Crippen LogP contribution in [0.3, 0.4) is 0 Å². The Morgan fingerprint density at radius 3 is 2.33 bits per heavy atom. The van der Waals surface area contributed by atoms with Gasteiger partial charge in [0.25, 0.3) is 5.91 Å². The van der Waals surface area contributed by atoms with Crippen molar-refractivity contribution >= 4 is 11.9 Å². The number of nitrogens with zero attached hydrogens (tertiary/aromatic N) is 2. The van der Waals surface area contributed by atoms with Crippen LogP contribution in [-0.4, -0.2) is 34.3 Å². The number of aryl methyl sites for hydroxylation is 1. The van der Waals surface area contributed by atoms with E-state index in [1.54, 1.807) is 29.8 Å². The molecule has 2 aromatic carbocycles. The molecule has 33 heavy (non-hydrogen) atoms. The second-order valence-corrected chi connectivity index (χ2v) is 9.24. The minimum absolute atomic E-state index is 0.0585. The van der Waals surface area contributed by atoms with E-state index in [4.69, 9.17) is 4.74 Å². The Morgan fingerprint density at radius 1 is 1.06 bits per heavy atom. The lowest BCUT2D eigenvalue weighted by molar-refractivity contribution is 0.0518. The molecule has 0 spiro atoms. The predicted molar refractivity (Wildman–Crippen MR) is 130 cm³/mol. The van der Waals surface area contributed by atoms with Crippen molar-refractivity contribution in [3.8, 4) is 5.69 Å². The van der Waals surface area contributed by atoms with E-state index in [0.717, 1.165) is 24.2 Å². The Bertz CT molecular complexity index is 1080. The van der Waals surface area contributed by atoms with Crippen molar-refractivity contribution in [1.29, 1.82) is 0 Å². The molecule has 3 aromatic rings. The monoisotopic (exact) mass is 447 g/mol. The molecule has 6 heteroatoms. The molecular weight excluding hydrogens is 414 g/mol. The van der Waals surface area contributed by atoms with Gasteiger partial charge in [-0.3, -0.25) is 4.79 Å². The van der Waals surface area contributed by atoms with Crippen molar-refractivity contribution in [3.63, 3.8) is 0 Å². The van der Waals surface area contributed by atoms with Gasteiger partial charge in [-0.15, -0.1) is 0 Å². The van der Waals surface area contributed by atoms with Gasteiger partial charge < -0.3 is 10.1 Å². The Kier molecular flexibility index (Phi) is 7.69. The molecule has 3 rings (SSSR count). The molecule has 1 heterocycles. The fraction of sp³-hybridized carbons (Fsp3) is 0.370. The summed E-state index contributed by atoms with van der Waals surface area (Å²) in [7, 11) is 0. The van der Waals surface area contributed by atoms with Gasteiger partial charge in [-0.05, 0) is 62.6 Å². The number of esters is 1. The first kappa shape index (κ1) is 24.2. The van der Waals surface area contributed by atoms with Crippen molar-refractivity contribution in [3.05, 3.63) is 83.2 Å². The zero-order chi connectivity index (χ0) is 24.0. The Hall–Kier alpha value is -3.41. The van der Waals surface area contributed by atoms with Crippen LogP contribution in [0.5, 0.6) is 0 Å². The standard InChI is InChI=1S/C27H33N3O3/c1-6-33-26(32)23-18-24(27(3,4)5)30(29-23)22-16-14-21(15-17-22)25(31)28-19(2)12-13-20-10-8-7-9-11-20/h7-11,14-19H,6,12-13H2,1-5H3,(H,28,31)/t19-/m1/s1. The summed E-state index contributed by atoms with van der Waals surface area (Å²) in [6.45, 7) is 10.3. The number of benzene rings is 2. The van der Waals surface area contributed by atoms with Crippen molar-refractivity contribution in [2.24, 2.45) is 0 Å². The van der Waals surface area contributed by atoms with E-state index in [9.17, 15) is 9.59 Å². The fourth-order valence-corrected chi connectivity index (χ4v) is 3.58. The van der Waals surface area contributed by atoms with E-state index < -0.39 is 5.97 Å². The van der Waals surface area contributed by atoms with Crippen LogP contribution >= 0.6 is 0 Å². The third-order valence-electron chi connectivity index (χ3n) is 5.42. The Labute approximate surface area is 196 Å². The summed E-state index contributed by atoms with van der Waals surface area (Å²) in [5, 5.41) is 7.55. The van der Waals surface area contributed by atoms with Crippen molar-refractivity contribution in [1.82, 2.24) is 15.1 Å². The van der Waals surface area contributed by atoms with Crippen molar-refractivity contribution in [2.45, 2.75) is 58.9 Å². The van der Waals surface area contributed by atoms with E-state index in [0.29, 0.717) is 12.2 Å². The molecule has 1 amide bonds. The van der Waals surface area contributed by atoms with Crippen LogP contribution in [0.1, 0.15) is 73.1 Å². The average molecular weight is 448 g/mol. The van der Waals surface area contributed by atoms with Crippen LogP contribution in [0.25, 0.3) is 5.69 Å². The summed E-state index contributed by atoms with van der Waals surface area (Å²) in [6, 6.07) is 19.4. The SMILES string of the molecule is CCOC(=O)c1cc(C(C)(C)C)n(-c2ccc(C(=O)N[C@H](C)CCc3ccccc3)cc2)n1. The number of hydrogen-bond acceptors (Lipinski definition) is 4. The van der Waals surface area contributed by atoms with Gasteiger partial charge in [0.1, 0.15) is 0 Å². The number of carbonyl (C=O) groups excluding carboxylic acids is 2. The summed E-state index contributed by atoms with van der Waals surface area (Å²) < 4.78 is 6.86. The third kappa shape index (κ3) is 6.31. The first-order valence-corrected chi connectivity index (χ1v) is 11.4. The number of rotatable bonds is 8. The quantitative estimate of drug-likeness (QED) is 0.488. The largest absolute Gasteiger partial charge is 0.461 e. The number of amides is 1. The summed E-state index contributed by atoms with van der Waals surface area (Å²) in [5.41, 5.74) is 3.55. The van der Waals surface area contributed by atoms with Gasteiger partial charge in [-0.2, -0.15) is 5.10 Å². The minimum Gasteiger partial charge on any atom is -0.461 e. The van der Waals surface area contributed by atoms with Gasteiger partial charge in [0, 0.05) is 17.0 Å². The lowest BCUT2D eigenvalue weighted by Crippen LogP contribution is -2.32. The van der Waals surface area contributed by atoms with Crippen LogP contribution in [0.15, 0.2) is 60.7 Å². The van der Waals surface area contributed by atoms with Crippen LogP contribution in [0.4, 0.5) is 0 Å². The molecule has 0 aliphatic rings. The molecule has 1 atom stereocenters. The molecule has 0 saturated heterocycles. The maximum Gasteiger partial charge on any atom is 0.358 e. The van der Waals surface area contributed by atoms with Gasteiger partial charge >= 0.3 is 5.97 Å². The first-order valence-electron chi connectivity index (χ1n) is 11.4. The molecule has 174 valence electrons. The lowest BCUT2D eigenvalue weighted by Gasteiger charge is -2.20. The molecule has 0 radical (unpaired) electrons. The predicted octanol–water partition coefficient (Wildman–Crippen LogP) is 5.10. The van der Waals surface area contributed by atoms with E-state index in [1.165, 1.54) is 5.56 Å². The maximum absolute atomic E-state index is 12.7. The van der Waals surface area contributed by atoms with E-state index in [-0.39, 0.29) is 23.1 Å². The van der Waals surface area contributed by atoms with Gasteiger partial charge in [0.2, 0.25) is 0 Å². The summed E-state index contributed by atoms with van der Waals surface area (Å²) in [6.07, 6.45) is 1.78. The molecule has 0 aliphatic carbocycles. The maximum atomic E-state index is 12.7. The molecule has 0 unspecified atom stereocenters. The summed E-state index contributed by atoms with van der Waals surface area (Å²) in [4.78, 5) is 24.9. The van der Waals surface area contributed by atoms with E-state index in [2.05, 4.69) is 43.3 Å². The molecule has 0 saturated carbocycles. The Balaban J connectivity index is 1.71. The smallest absolute Gasteiger partial charge is 0.358 e. The number of carbonyl (C=O) groups is 2. The van der Waals surface area contributed by atoms with Gasteiger partial charge in [0.05, 0.1) is 18.0 Å². The van der Waals surface area contributed by atoms with Gasteiger partial charge in [0.15, 0.2) is 5.69 Å². The number of hydrogen-bond donors (Lipinski definition) is 1. The zero-order valence-corrected chi connectivity index (χ0v) is 20.1. The second kappa shape index (κ2) is 10.5. The first-order chi connectivity index (χ1) is 15.7. The fourth-order valence-electron chi connectivity index (χ4n) is 3.58. The number of aromatic nitrogens is 2. The second-order valence-electron chi connectivity index (χ2n) is 9.24. The molecular formula is C27H33N3O3. The highest BCUT2D eigenvalue weighted by molar-refractivity contribution is 5.94.